The monoisotopic (exact) mass is 361 g/mol. The first-order valence-electron chi connectivity index (χ1n) is 7.99. The molecule has 0 radical (unpaired) electrons. The quantitative estimate of drug-likeness (QED) is 0.828. The lowest BCUT2D eigenvalue weighted by atomic mass is 9.87. The van der Waals surface area contributed by atoms with Crippen LogP contribution in [0.5, 0.6) is 0 Å². The van der Waals surface area contributed by atoms with Crippen LogP contribution in [0.3, 0.4) is 0 Å². The number of carboxylic acid groups (broad SMARTS) is 1. The van der Waals surface area contributed by atoms with E-state index < -0.39 is 22.0 Å². The molecule has 134 valence electrons. The molecule has 0 aliphatic carbocycles. The second-order valence-electron chi connectivity index (χ2n) is 6.98. The second kappa shape index (κ2) is 7.37. The first kappa shape index (κ1) is 19.1. The van der Waals surface area contributed by atoms with E-state index in [1.54, 1.807) is 36.4 Å². The van der Waals surface area contributed by atoms with Crippen molar-refractivity contribution in [1.29, 1.82) is 0 Å². The minimum Gasteiger partial charge on any atom is -0.480 e. The van der Waals surface area contributed by atoms with Crippen molar-refractivity contribution in [3.05, 3.63) is 65.7 Å². The van der Waals surface area contributed by atoms with E-state index in [0.717, 1.165) is 11.1 Å². The average Bonchev–Trinajstić information content (AvgIpc) is 2.54. The zero-order valence-corrected chi connectivity index (χ0v) is 15.4. The number of rotatable bonds is 6. The highest BCUT2D eigenvalue weighted by Gasteiger charge is 2.26. The van der Waals surface area contributed by atoms with Crippen LogP contribution in [0.25, 0.3) is 0 Å². The van der Waals surface area contributed by atoms with Crippen molar-refractivity contribution in [3.8, 4) is 0 Å². The Labute approximate surface area is 148 Å². The van der Waals surface area contributed by atoms with E-state index in [1.807, 2.05) is 26.8 Å². The number of benzene rings is 2. The molecule has 0 amide bonds. The van der Waals surface area contributed by atoms with Gasteiger partial charge in [0.1, 0.15) is 6.04 Å². The lowest BCUT2D eigenvalue weighted by Gasteiger charge is -2.19. The molecule has 0 aromatic heterocycles. The first-order valence-corrected chi connectivity index (χ1v) is 9.47. The van der Waals surface area contributed by atoms with Crippen molar-refractivity contribution in [1.82, 2.24) is 4.72 Å². The number of sulfonamides is 1. The Hall–Kier alpha value is -2.18. The highest BCUT2D eigenvalue weighted by molar-refractivity contribution is 7.89. The van der Waals surface area contributed by atoms with Gasteiger partial charge in [-0.1, -0.05) is 63.2 Å². The molecule has 0 aliphatic rings. The van der Waals surface area contributed by atoms with Gasteiger partial charge < -0.3 is 5.11 Å². The Morgan fingerprint density at radius 1 is 1.04 bits per heavy atom. The van der Waals surface area contributed by atoms with Crippen LogP contribution >= 0.6 is 0 Å². The molecule has 0 saturated carbocycles. The highest BCUT2D eigenvalue weighted by atomic mass is 32.2. The number of hydrogen-bond acceptors (Lipinski definition) is 3. The molecule has 0 unspecified atom stereocenters. The maximum atomic E-state index is 12.5. The van der Waals surface area contributed by atoms with Gasteiger partial charge in [-0.25, -0.2) is 8.42 Å². The van der Waals surface area contributed by atoms with Crippen molar-refractivity contribution in [3.63, 3.8) is 0 Å². The summed E-state index contributed by atoms with van der Waals surface area (Å²) in [6, 6.07) is 14.2. The molecular formula is C19H23NO4S. The summed E-state index contributed by atoms with van der Waals surface area (Å²) in [7, 11) is -3.92. The average molecular weight is 361 g/mol. The highest BCUT2D eigenvalue weighted by Crippen LogP contribution is 2.23. The maximum Gasteiger partial charge on any atom is 0.322 e. The molecule has 0 fully saturated rings. The van der Waals surface area contributed by atoms with Crippen LogP contribution in [0.15, 0.2) is 59.5 Å². The van der Waals surface area contributed by atoms with E-state index in [2.05, 4.69) is 4.72 Å². The molecule has 2 aromatic rings. The summed E-state index contributed by atoms with van der Waals surface area (Å²) in [5, 5.41) is 9.37. The molecule has 0 heterocycles. The standard InChI is InChI=1S/C19H23NO4S/c1-19(2,3)15-9-11-16(12-10-15)25(23,24)20-17(18(21)22)13-14-7-5-4-6-8-14/h4-12,17,20H,13H2,1-3H3,(H,21,22)/t17-/m1/s1. The lowest BCUT2D eigenvalue weighted by molar-refractivity contribution is -0.138. The Kier molecular flexibility index (Phi) is 5.65. The predicted molar refractivity (Wildman–Crippen MR) is 97.0 cm³/mol. The first-order chi connectivity index (χ1) is 11.6. The molecule has 2 N–H and O–H groups in total. The van der Waals surface area contributed by atoms with E-state index in [0.29, 0.717) is 0 Å². The van der Waals surface area contributed by atoms with Crippen LogP contribution in [-0.2, 0) is 26.7 Å². The predicted octanol–water partition coefficient (Wildman–Crippen LogP) is 2.96. The molecule has 0 bridgehead atoms. The Balaban J connectivity index is 2.21. The van der Waals surface area contributed by atoms with Crippen molar-refractivity contribution < 1.29 is 18.3 Å². The van der Waals surface area contributed by atoms with Gasteiger partial charge in [0.15, 0.2) is 0 Å². The van der Waals surface area contributed by atoms with E-state index in [-0.39, 0.29) is 16.7 Å². The summed E-state index contributed by atoms with van der Waals surface area (Å²) < 4.78 is 27.3. The smallest absolute Gasteiger partial charge is 0.322 e. The Bertz CT molecular complexity index is 822. The summed E-state index contributed by atoms with van der Waals surface area (Å²) in [5.74, 6) is -1.21. The van der Waals surface area contributed by atoms with E-state index in [9.17, 15) is 18.3 Å². The lowest BCUT2D eigenvalue weighted by Crippen LogP contribution is -2.42. The molecule has 2 aromatic carbocycles. The number of nitrogens with one attached hydrogen (secondary N) is 1. The SMILES string of the molecule is CC(C)(C)c1ccc(S(=O)(=O)N[C@H](Cc2ccccc2)C(=O)O)cc1. The fraction of sp³-hybridized carbons (Fsp3) is 0.316. The van der Waals surface area contributed by atoms with Gasteiger partial charge >= 0.3 is 5.97 Å². The van der Waals surface area contributed by atoms with Crippen molar-refractivity contribution in [2.75, 3.05) is 0 Å². The molecule has 0 saturated heterocycles. The Morgan fingerprint density at radius 2 is 1.60 bits per heavy atom. The molecule has 0 spiro atoms. The van der Waals surface area contributed by atoms with Crippen LogP contribution in [0.4, 0.5) is 0 Å². The van der Waals surface area contributed by atoms with Gasteiger partial charge in [-0.05, 0) is 35.1 Å². The van der Waals surface area contributed by atoms with Crippen LogP contribution in [0, 0.1) is 0 Å². The van der Waals surface area contributed by atoms with Gasteiger partial charge in [0.25, 0.3) is 0 Å². The third-order valence-corrected chi connectivity index (χ3v) is 5.40. The van der Waals surface area contributed by atoms with Crippen molar-refractivity contribution >= 4 is 16.0 Å². The second-order valence-corrected chi connectivity index (χ2v) is 8.69. The zero-order valence-electron chi connectivity index (χ0n) is 14.6. The summed E-state index contributed by atoms with van der Waals surface area (Å²) in [5.41, 5.74) is 1.67. The number of aliphatic carboxylic acids is 1. The van der Waals surface area contributed by atoms with Crippen LogP contribution in [0.2, 0.25) is 0 Å². The van der Waals surface area contributed by atoms with Crippen LogP contribution in [0.1, 0.15) is 31.9 Å². The molecule has 5 nitrogen and oxygen atoms in total. The third-order valence-electron chi connectivity index (χ3n) is 3.91. The molecule has 2 rings (SSSR count). The van der Waals surface area contributed by atoms with E-state index >= 15 is 0 Å². The summed E-state index contributed by atoms with van der Waals surface area (Å²) in [4.78, 5) is 11.5. The van der Waals surface area contributed by atoms with Crippen molar-refractivity contribution in [2.24, 2.45) is 0 Å². The van der Waals surface area contributed by atoms with E-state index in [1.165, 1.54) is 12.1 Å². The van der Waals surface area contributed by atoms with Gasteiger partial charge in [-0.2, -0.15) is 4.72 Å². The molecule has 1 atom stereocenters. The fourth-order valence-electron chi connectivity index (χ4n) is 2.42. The normalized spacial score (nSPS) is 13.4. The molecular weight excluding hydrogens is 338 g/mol. The van der Waals surface area contributed by atoms with Gasteiger partial charge in [-0.3, -0.25) is 4.79 Å². The van der Waals surface area contributed by atoms with Gasteiger partial charge in [0.05, 0.1) is 4.90 Å². The minimum atomic E-state index is -3.92. The zero-order chi connectivity index (χ0) is 18.7. The Morgan fingerprint density at radius 3 is 2.08 bits per heavy atom. The largest absolute Gasteiger partial charge is 0.480 e. The van der Waals surface area contributed by atoms with Gasteiger partial charge in [0, 0.05) is 0 Å². The summed E-state index contributed by atoms with van der Waals surface area (Å²) in [6.45, 7) is 6.11. The van der Waals surface area contributed by atoms with E-state index in [4.69, 9.17) is 0 Å². The maximum absolute atomic E-state index is 12.5. The number of carbonyl (C=O) groups is 1. The van der Waals surface area contributed by atoms with Crippen molar-refractivity contribution in [2.45, 2.75) is 43.5 Å². The van der Waals surface area contributed by atoms with Crippen LogP contribution < -0.4 is 4.72 Å². The summed E-state index contributed by atoms with van der Waals surface area (Å²) in [6.07, 6.45) is 0.0788. The number of hydrogen-bond donors (Lipinski definition) is 2. The number of carboxylic acids is 1. The fourth-order valence-corrected chi connectivity index (χ4v) is 3.61. The summed E-state index contributed by atoms with van der Waals surface area (Å²) >= 11 is 0. The molecule has 0 aliphatic heterocycles. The minimum absolute atomic E-state index is 0.0554. The topological polar surface area (TPSA) is 83.5 Å². The van der Waals surface area contributed by atoms with Gasteiger partial charge in [0.2, 0.25) is 10.0 Å². The molecule has 25 heavy (non-hydrogen) atoms. The molecule has 6 heteroatoms. The van der Waals surface area contributed by atoms with Gasteiger partial charge in [-0.15, -0.1) is 0 Å². The third kappa shape index (κ3) is 5.14. The van der Waals surface area contributed by atoms with Crippen LogP contribution in [-0.4, -0.2) is 25.5 Å².